The summed E-state index contributed by atoms with van der Waals surface area (Å²) in [7, 11) is 2.17. The minimum Gasteiger partial charge on any atom is -0.507 e. The molecule has 3 rings (SSSR count). The number of aromatic nitrogens is 2. The van der Waals surface area contributed by atoms with Crippen LogP contribution in [0, 0.1) is 10.1 Å². The van der Waals surface area contributed by atoms with E-state index in [1.807, 2.05) is 0 Å². The quantitative estimate of drug-likeness (QED) is 0.369. The molecule has 154 valence electrons. The number of phenolic OH excluding ortho intramolecular Hbond substituents is 1. The van der Waals surface area contributed by atoms with Gasteiger partial charge in [0.15, 0.2) is 5.69 Å². The number of nitrogens with zero attached hydrogens (tertiary/aromatic N) is 3. The van der Waals surface area contributed by atoms with Gasteiger partial charge in [-0.15, -0.1) is 0 Å². The molecule has 0 radical (unpaired) electrons. The molecule has 0 unspecified atom stereocenters. The zero-order chi connectivity index (χ0) is 22.0. The molecule has 0 atom stereocenters. The van der Waals surface area contributed by atoms with Crippen LogP contribution in [-0.4, -0.2) is 46.0 Å². The van der Waals surface area contributed by atoms with Gasteiger partial charge in [-0.3, -0.25) is 10.1 Å². The van der Waals surface area contributed by atoms with Gasteiger partial charge in [0.2, 0.25) is 0 Å². The van der Waals surface area contributed by atoms with Gasteiger partial charge in [-0.25, -0.2) is 14.3 Å². The fourth-order valence-electron chi connectivity index (χ4n) is 2.90. The fourth-order valence-corrected chi connectivity index (χ4v) is 3.12. The van der Waals surface area contributed by atoms with E-state index in [2.05, 4.69) is 5.10 Å². The van der Waals surface area contributed by atoms with Gasteiger partial charge in [-0.1, -0.05) is 29.8 Å². The lowest BCUT2D eigenvalue weighted by molar-refractivity contribution is -0.384. The average Bonchev–Trinajstić information content (AvgIpc) is 3.14. The third-order valence-electron chi connectivity index (χ3n) is 4.18. The van der Waals surface area contributed by atoms with Crippen molar-refractivity contribution in [2.24, 2.45) is 0 Å². The van der Waals surface area contributed by atoms with Crippen molar-refractivity contribution in [1.29, 1.82) is 0 Å². The van der Waals surface area contributed by atoms with Gasteiger partial charge in [0.1, 0.15) is 27.6 Å². The maximum absolute atomic E-state index is 12.6. The highest BCUT2D eigenvalue weighted by Gasteiger charge is 2.36. The number of nitro groups is 1. The number of phenols is 1. The van der Waals surface area contributed by atoms with E-state index in [9.17, 15) is 24.8 Å². The van der Waals surface area contributed by atoms with Crippen LogP contribution >= 0.6 is 11.6 Å². The van der Waals surface area contributed by atoms with Crippen LogP contribution < -0.4 is 0 Å². The van der Waals surface area contributed by atoms with Gasteiger partial charge in [-0.2, -0.15) is 5.10 Å². The van der Waals surface area contributed by atoms with Gasteiger partial charge in [0.05, 0.1) is 24.8 Å². The first-order chi connectivity index (χ1) is 14.3. The van der Waals surface area contributed by atoms with Crippen LogP contribution in [0.3, 0.4) is 0 Å². The first-order valence-corrected chi connectivity index (χ1v) is 8.70. The number of hydrogen-bond acceptors (Lipinski definition) is 8. The SMILES string of the molecule is COC(=O)c1c(-c2c(O)ccc(Cl)c2[N+](=O)[O-])nn(-c2ccccc2)c1C(=O)OC. The Hall–Kier alpha value is -3.92. The Labute approximate surface area is 174 Å². The molecule has 1 heterocycles. The van der Waals surface area contributed by atoms with Gasteiger partial charge in [-0.05, 0) is 24.3 Å². The van der Waals surface area contributed by atoms with E-state index in [1.165, 1.54) is 0 Å². The Morgan fingerprint density at radius 2 is 1.73 bits per heavy atom. The zero-order valence-corrected chi connectivity index (χ0v) is 16.4. The molecule has 3 aromatic rings. The number of carbonyl (C=O) groups excluding carboxylic acids is 2. The number of nitro benzene ring substituents is 1. The van der Waals surface area contributed by atoms with E-state index in [0.717, 1.165) is 31.0 Å². The monoisotopic (exact) mass is 431 g/mol. The minimum absolute atomic E-state index is 0.294. The van der Waals surface area contributed by atoms with E-state index in [1.54, 1.807) is 30.3 Å². The number of benzene rings is 2. The maximum atomic E-state index is 12.6. The number of ether oxygens (including phenoxy) is 2. The minimum atomic E-state index is -1.01. The molecule has 30 heavy (non-hydrogen) atoms. The average molecular weight is 432 g/mol. The Morgan fingerprint density at radius 1 is 1.10 bits per heavy atom. The maximum Gasteiger partial charge on any atom is 0.357 e. The molecule has 0 saturated carbocycles. The van der Waals surface area contributed by atoms with E-state index in [0.29, 0.717) is 5.69 Å². The Morgan fingerprint density at radius 3 is 2.30 bits per heavy atom. The third-order valence-corrected chi connectivity index (χ3v) is 4.49. The molecule has 0 fully saturated rings. The number of methoxy groups -OCH3 is 2. The Bertz CT molecular complexity index is 1160. The molecule has 0 aliphatic carbocycles. The summed E-state index contributed by atoms with van der Waals surface area (Å²) in [6.45, 7) is 0. The molecule has 0 spiro atoms. The highest BCUT2D eigenvalue weighted by Crippen LogP contribution is 2.44. The van der Waals surface area contributed by atoms with Crippen molar-refractivity contribution in [3.63, 3.8) is 0 Å². The molecular weight excluding hydrogens is 418 g/mol. The van der Waals surface area contributed by atoms with Crippen LogP contribution in [0.5, 0.6) is 5.75 Å². The van der Waals surface area contributed by atoms with Gasteiger partial charge in [0.25, 0.3) is 0 Å². The van der Waals surface area contributed by atoms with Crippen LogP contribution in [-0.2, 0) is 9.47 Å². The molecule has 0 saturated heterocycles. The molecule has 10 nitrogen and oxygen atoms in total. The summed E-state index contributed by atoms with van der Waals surface area (Å²) in [5.41, 5.74) is -1.88. The standard InChI is InChI=1S/C19H14ClN3O7/c1-29-18(25)14-15(13-12(24)9-8-11(20)16(13)23(27)28)21-22(17(14)19(26)30-2)10-6-4-3-5-7-10/h3-9,24H,1-2H3. The molecule has 1 aromatic heterocycles. The number of carbonyl (C=O) groups is 2. The second-order valence-electron chi connectivity index (χ2n) is 5.85. The van der Waals surface area contributed by atoms with Crippen LogP contribution in [0.15, 0.2) is 42.5 Å². The summed E-state index contributed by atoms with van der Waals surface area (Å²) < 4.78 is 10.6. The number of hydrogen-bond donors (Lipinski definition) is 1. The molecule has 0 aliphatic heterocycles. The number of esters is 2. The lowest BCUT2D eigenvalue weighted by atomic mass is 10.0. The number of para-hydroxylation sites is 1. The highest BCUT2D eigenvalue weighted by molar-refractivity contribution is 6.33. The summed E-state index contributed by atoms with van der Waals surface area (Å²) in [4.78, 5) is 36.0. The second-order valence-corrected chi connectivity index (χ2v) is 6.26. The predicted molar refractivity (Wildman–Crippen MR) is 105 cm³/mol. The summed E-state index contributed by atoms with van der Waals surface area (Å²) in [5.74, 6) is -2.52. The number of rotatable bonds is 5. The molecule has 0 bridgehead atoms. The van der Waals surface area contributed by atoms with Crippen LogP contribution in [0.1, 0.15) is 20.8 Å². The molecular formula is C19H14ClN3O7. The van der Waals surface area contributed by atoms with E-state index in [4.69, 9.17) is 21.1 Å². The predicted octanol–water partition coefficient (Wildman–Crippen LogP) is 3.38. The topological polar surface area (TPSA) is 134 Å². The van der Waals surface area contributed by atoms with Crippen molar-refractivity contribution in [2.75, 3.05) is 14.2 Å². The highest BCUT2D eigenvalue weighted by atomic mass is 35.5. The van der Waals surface area contributed by atoms with Crippen LogP contribution in [0.25, 0.3) is 16.9 Å². The normalized spacial score (nSPS) is 10.5. The van der Waals surface area contributed by atoms with E-state index >= 15 is 0 Å². The van der Waals surface area contributed by atoms with Gasteiger partial charge in [0, 0.05) is 0 Å². The summed E-state index contributed by atoms with van der Waals surface area (Å²) in [6, 6.07) is 10.5. The van der Waals surface area contributed by atoms with Crippen molar-refractivity contribution in [3.05, 3.63) is 68.9 Å². The number of aromatic hydroxyl groups is 1. The van der Waals surface area contributed by atoms with Gasteiger partial charge >= 0.3 is 17.6 Å². The largest absolute Gasteiger partial charge is 0.507 e. The Balaban J connectivity index is 2.50. The summed E-state index contributed by atoms with van der Waals surface area (Å²) in [6.07, 6.45) is 0. The van der Waals surface area contributed by atoms with Crippen molar-refractivity contribution in [3.8, 4) is 22.7 Å². The van der Waals surface area contributed by atoms with E-state index < -0.39 is 39.4 Å². The molecule has 1 N–H and O–H groups in total. The van der Waals surface area contributed by atoms with Gasteiger partial charge < -0.3 is 14.6 Å². The molecule has 2 aromatic carbocycles. The Kier molecular flexibility index (Phi) is 5.70. The first-order valence-electron chi connectivity index (χ1n) is 8.33. The first kappa shape index (κ1) is 20.8. The number of halogens is 1. The smallest absolute Gasteiger partial charge is 0.357 e. The summed E-state index contributed by atoms with van der Waals surface area (Å²) >= 11 is 5.97. The van der Waals surface area contributed by atoms with Crippen molar-refractivity contribution in [2.45, 2.75) is 0 Å². The molecule has 0 aliphatic rings. The summed E-state index contributed by atoms with van der Waals surface area (Å²) in [5, 5.41) is 26.0. The fraction of sp³-hybridized carbons (Fsp3) is 0.105. The third kappa shape index (κ3) is 3.44. The lowest BCUT2D eigenvalue weighted by Gasteiger charge is -2.07. The van der Waals surface area contributed by atoms with Crippen molar-refractivity contribution in [1.82, 2.24) is 9.78 Å². The van der Waals surface area contributed by atoms with E-state index in [-0.39, 0.29) is 16.4 Å². The lowest BCUT2D eigenvalue weighted by Crippen LogP contribution is -2.15. The molecule has 11 heteroatoms. The van der Waals surface area contributed by atoms with Crippen LogP contribution in [0.4, 0.5) is 5.69 Å². The second kappa shape index (κ2) is 8.21. The van der Waals surface area contributed by atoms with Crippen LogP contribution in [0.2, 0.25) is 5.02 Å². The van der Waals surface area contributed by atoms with Crippen molar-refractivity contribution < 1.29 is 29.1 Å². The molecule has 0 amide bonds. The van der Waals surface area contributed by atoms with Crippen molar-refractivity contribution >= 4 is 29.2 Å². The zero-order valence-electron chi connectivity index (χ0n) is 15.7.